The standard InChI is InChI=1S/C24H29N3O2/c28-23(27-17-14-20-10-4-5-11-21(20)27)13-6-15-25-24(29)22-12-7-16-26(22)18-19-8-2-1-3-9-19/h1-5,8-11,22H,6-7,12-18H2,(H,25,29). The molecule has 0 aromatic heterocycles. The molecular formula is C24H29N3O2. The Labute approximate surface area is 172 Å². The largest absolute Gasteiger partial charge is 0.355 e. The van der Waals surface area contributed by atoms with Crippen LogP contribution < -0.4 is 10.2 Å². The van der Waals surface area contributed by atoms with Crippen LogP contribution in [0.4, 0.5) is 5.69 Å². The highest BCUT2D eigenvalue weighted by atomic mass is 16.2. The van der Waals surface area contributed by atoms with Gasteiger partial charge < -0.3 is 10.2 Å². The molecule has 0 bridgehead atoms. The molecule has 2 aromatic rings. The van der Waals surface area contributed by atoms with Crippen molar-refractivity contribution in [1.82, 2.24) is 10.2 Å². The number of likely N-dealkylation sites (tertiary alicyclic amines) is 1. The van der Waals surface area contributed by atoms with Gasteiger partial charge in [-0.05, 0) is 49.4 Å². The van der Waals surface area contributed by atoms with E-state index >= 15 is 0 Å². The van der Waals surface area contributed by atoms with E-state index in [0.29, 0.717) is 19.4 Å². The van der Waals surface area contributed by atoms with Crippen LogP contribution >= 0.6 is 0 Å². The third-order valence-corrected chi connectivity index (χ3v) is 5.95. The Morgan fingerprint density at radius 2 is 1.79 bits per heavy atom. The van der Waals surface area contributed by atoms with Crippen LogP contribution in [0.25, 0.3) is 0 Å². The maximum Gasteiger partial charge on any atom is 0.237 e. The highest BCUT2D eigenvalue weighted by Gasteiger charge is 2.30. The minimum absolute atomic E-state index is 0.0589. The minimum Gasteiger partial charge on any atom is -0.355 e. The molecule has 1 atom stereocenters. The number of carbonyl (C=O) groups is 2. The molecule has 5 nitrogen and oxygen atoms in total. The first-order valence-corrected chi connectivity index (χ1v) is 10.7. The second kappa shape index (κ2) is 9.23. The maximum absolute atomic E-state index is 12.7. The van der Waals surface area contributed by atoms with E-state index in [0.717, 1.165) is 44.6 Å². The minimum atomic E-state index is -0.0589. The fraction of sp³-hybridized carbons (Fsp3) is 0.417. The summed E-state index contributed by atoms with van der Waals surface area (Å²) in [6, 6.07) is 18.3. The zero-order valence-corrected chi connectivity index (χ0v) is 16.8. The van der Waals surface area contributed by atoms with Crippen LogP contribution in [0.5, 0.6) is 0 Å². The number of anilines is 1. The number of hydrogen-bond donors (Lipinski definition) is 1. The first-order valence-electron chi connectivity index (χ1n) is 10.7. The average molecular weight is 392 g/mol. The quantitative estimate of drug-likeness (QED) is 0.738. The Balaban J connectivity index is 1.21. The van der Waals surface area contributed by atoms with Gasteiger partial charge in [0.05, 0.1) is 6.04 Å². The lowest BCUT2D eigenvalue weighted by Crippen LogP contribution is -2.43. The van der Waals surface area contributed by atoms with Gasteiger partial charge in [-0.1, -0.05) is 48.5 Å². The van der Waals surface area contributed by atoms with Crippen molar-refractivity contribution in [2.45, 2.75) is 44.7 Å². The number of fused-ring (bicyclic) bond motifs is 1. The molecule has 5 heteroatoms. The molecule has 2 aliphatic heterocycles. The van der Waals surface area contributed by atoms with E-state index < -0.39 is 0 Å². The van der Waals surface area contributed by atoms with Gasteiger partial charge in [-0.15, -0.1) is 0 Å². The van der Waals surface area contributed by atoms with E-state index in [-0.39, 0.29) is 17.9 Å². The fourth-order valence-electron chi connectivity index (χ4n) is 4.43. The van der Waals surface area contributed by atoms with Crippen molar-refractivity contribution in [2.24, 2.45) is 0 Å². The molecule has 1 unspecified atom stereocenters. The van der Waals surface area contributed by atoms with Gasteiger partial charge in [0.25, 0.3) is 0 Å². The zero-order valence-electron chi connectivity index (χ0n) is 16.8. The number of benzene rings is 2. The van der Waals surface area contributed by atoms with Crippen molar-refractivity contribution in [3.8, 4) is 0 Å². The van der Waals surface area contributed by atoms with Crippen molar-refractivity contribution in [3.05, 3.63) is 65.7 Å². The van der Waals surface area contributed by atoms with Crippen LogP contribution in [0.15, 0.2) is 54.6 Å². The van der Waals surface area contributed by atoms with Crippen molar-refractivity contribution < 1.29 is 9.59 Å². The molecule has 152 valence electrons. The monoisotopic (exact) mass is 391 g/mol. The summed E-state index contributed by atoms with van der Waals surface area (Å²) in [5.74, 6) is 0.244. The summed E-state index contributed by atoms with van der Waals surface area (Å²) in [6.07, 6.45) is 4.03. The summed E-state index contributed by atoms with van der Waals surface area (Å²) in [7, 11) is 0. The Morgan fingerprint density at radius 3 is 2.66 bits per heavy atom. The summed E-state index contributed by atoms with van der Waals surface area (Å²) in [5.41, 5.74) is 3.53. The van der Waals surface area contributed by atoms with E-state index in [1.807, 2.05) is 41.3 Å². The average Bonchev–Trinajstić information content (AvgIpc) is 3.39. The van der Waals surface area contributed by atoms with Crippen LogP contribution in [-0.2, 0) is 22.6 Å². The Bertz CT molecular complexity index is 852. The van der Waals surface area contributed by atoms with Gasteiger partial charge in [-0.2, -0.15) is 0 Å². The van der Waals surface area contributed by atoms with E-state index in [4.69, 9.17) is 0 Å². The molecule has 2 aliphatic rings. The van der Waals surface area contributed by atoms with E-state index in [1.165, 1.54) is 11.1 Å². The SMILES string of the molecule is O=C(NCCCC(=O)N1CCc2ccccc21)C1CCCN1Cc1ccccc1. The van der Waals surface area contributed by atoms with E-state index in [9.17, 15) is 9.59 Å². The third-order valence-electron chi connectivity index (χ3n) is 5.95. The lowest BCUT2D eigenvalue weighted by molar-refractivity contribution is -0.126. The van der Waals surface area contributed by atoms with Gasteiger partial charge in [0.15, 0.2) is 0 Å². The van der Waals surface area contributed by atoms with Gasteiger partial charge in [0.2, 0.25) is 11.8 Å². The molecular weight excluding hydrogens is 362 g/mol. The number of para-hydroxylation sites is 1. The zero-order chi connectivity index (χ0) is 20.1. The normalized spacial score (nSPS) is 18.6. The molecule has 1 saturated heterocycles. The lowest BCUT2D eigenvalue weighted by Gasteiger charge is -2.24. The molecule has 0 saturated carbocycles. The number of rotatable bonds is 7. The molecule has 1 fully saturated rings. The lowest BCUT2D eigenvalue weighted by atomic mass is 10.1. The van der Waals surface area contributed by atoms with Gasteiger partial charge >= 0.3 is 0 Å². The van der Waals surface area contributed by atoms with Crippen LogP contribution in [0.1, 0.15) is 36.8 Å². The highest BCUT2D eigenvalue weighted by molar-refractivity contribution is 5.95. The van der Waals surface area contributed by atoms with Crippen LogP contribution in [-0.4, -0.2) is 42.4 Å². The predicted octanol–water partition coefficient (Wildman–Crippen LogP) is 3.14. The van der Waals surface area contributed by atoms with Crippen molar-refractivity contribution in [2.75, 3.05) is 24.5 Å². The second-order valence-electron chi connectivity index (χ2n) is 7.93. The summed E-state index contributed by atoms with van der Waals surface area (Å²) in [5, 5.41) is 3.05. The summed E-state index contributed by atoms with van der Waals surface area (Å²) in [6.45, 7) is 3.09. The topological polar surface area (TPSA) is 52.7 Å². The van der Waals surface area contributed by atoms with Crippen molar-refractivity contribution >= 4 is 17.5 Å². The number of carbonyl (C=O) groups excluding carboxylic acids is 2. The molecule has 29 heavy (non-hydrogen) atoms. The maximum atomic E-state index is 12.7. The van der Waals surface area contributed by atoms with Crippen LogP contribution in [0, 0.1) is 0 Å². The van der Waals surface area contributed by atoms with Crippen molar-refractivity contribution in [3.63, 3.8) is 0 Å². The van der Waals surface area contributed by atoms with Gasteiger partial charge in [0, 0.05) is 31.7 Å². The van der Waals surface area contributed by atoms with Crippen LogP contribution in [0.3, 0.4) is 0 Å². The van der Waals surface area contributed by atoms with Gasteiger partial charge in [-0.3, -0.25) is 14.5 Å². The summed E-state index contributed by atoms with van der Waals surface area (Å²) in [4.78, 5) is 29.4. The Morgan fingerprint density at radius 1 is 1.00 bits per heavy atom. The van der Waals surface area contributed by atoms with E-state index in [1.54, 1.807) is 0 Å². The molecule has 2 aromatic carbocycles. The Hall–Kier alpha value is -2.66. The van der Waals surface area contributed by atoms with Gasteiger partial charge in [-0.25, -0.2) is 0 Å². The second-order valence-corrected chi connectivity index (χ2v) is 7.93. The summed E-state index contributed by atoms with van der Waals surface area (Å²) >= 11 is 0. The molecule has 0 radical (unpaired) electrons. The fourth-order valence-corrected chi connectivity index (χ4v) is 4.43. The molecule has 1 N–H and O–H groups in total. The molecule has 0 spiro atoms. The molecule has 2 amide bonds. The first-order chi connectivity index (χ1) is 14.2. The smallest absolute Gasteiger partial charge is 0.237 e. The number of amides is 2. The van der Waals surface area contributed by atoms with Crippen molar-refractivity contribution in [1.29, 1.82) is 0 Å². The number of nitrogens with one attached hydrogen (secondary N) is 1. The third kappa shape index (κ3) is 4.67. The molecule has 4 rings (SSSR count). The molecule has 0 aliphatic carbocycles. The first kappa shape index (κ1) is 19.6. The number of nitrogens with zero attached hydrogens (tertiary/aromatic N) is 2. The van der Waals surface area contributed by atoms with Crippen LogP contribution in [0.2, 0.25) is 0 Å². The number of hydrogen-bond acceptors (Lipinski definition) is 3. The Kier molecular flexibility index (Phi) is 6.25. The summed E-state index contributed by atoms with van der Waals surface area (Å²) < 4.78 is 0. The molecule has 2 heterocycles. The van der Waals surface area contributed by atoms with Gasteiger partial charge in [0.1, 0.15) is 0 Å². The predicted molar refractivity (Wildman–Crippen MR) is 115 cm³/mol. The van der Waals surface area contributed by atoms with E-state index in [2.05, 4.69) is 28.4 Å². The highest BCUT2D eigenvalue weighted by Crippen LogP contribution is 2.28.